The Bertz CT molecular complexity index is 1410. The molecular weight excluding hydrogens is 448 g/mol. The van der Waals surface area contributed by atoms with E-state index >= 15 is 0 Å². The zero-order valence-corrected chi connectivity index (χ0v) is 19.3. The number of benzene rings is 2. The Hall–Kier alpha value is -3.78. The van der Waals surface area contributed by atoms with Crippen LogP contribution >= 0.6 is 0 Å². The Labute approximate surface area is 201 Å². The minimum Gasteiger partial charge on any atom is -0.484 e. The second-order valence-corrected chi connectivity index (χ2v) is 8.91. The van der Waals surface area contributed by atoms with Gasteiger partial charge in [-0.3, -0.25) is 9.59 Å². The predicted molar refractivity (Wildman–Crippen MR) is 130 cm³/mol. The van der Waals surface area contributed by atoms with Crippen LogP contribution in [0.3, 0.4) is 0 Å². The van der Waals surface area contributed by atoms with Gasteiger partial charge in [0.05, 0.1) is 13.2 Å². The molecule has 0 radical (unpaired) electrons. The highest BCUT2D eigenvalue weighted by atomic mass is 16.5. The third kappa shape index (κ3) is 4.14. The van der Waals surface area contributed by atoms with Gasteiger partial charge in [-0.2, -0.15) is 0 Å². The summed E-state index contributed by atoms with van der Waals surface area (Å²) in [5, 5.41) is 4.57. The fourth-order valence-electron chi connectivity index (χ4n) is 4.89. The molecule has 0 spiro atoms. The molecule has 8 nitrogen and oxygen atoms in total. The van der Waals surface area contributed by atoms with E-state index in [1.165, 1.54) is 5.56 Å². The van der Waals surface area contributed by atoms with Crippen molar-refractivity contribution in [3.63, 3.8) is 0 Å². The van der Waals surface area contributed by atoms with Gasteiger partial charge in [0, 0.05) is 35.8 Å². The molecule has 6 rings (SSSR count). The molecule has 1 aliphatic carbocycles. The Kier molecular flexibility index (Phi) is 5.66. The molecule has 0 unspecified atom stereocenters. The summed E-state index contributed by atoms with van der Waals surface area (Å²) in [6.45, 7) is 1.72. The molecule has 2 aromatic carbocycles. The minimum absolute atomic E-state index is 0.118. The zero-order chi connectivity index (χ0) is 23.8. The van der Waals surface area contributed by atoms with Crippen LogP contribution in [0.4, 0.5) is 5.69 Å². The molecule has 180 valence electrons. The molecule has 1 saturated heterocycles. The fraction of sp³-hybridized carbons (Fsp3) is 0.333. The molecule has 0 saturated carbocycles. The summed E-state index contributed by atoms with van der Waals surface area (Å²) >= 11 is 0. The fourth-order valence-corrected chi connectivity index (χ4v) is 4.89. The number of hydrogen-bond donors (Lipinski definition) is 1. The molecule has 8 heteroatoms. The highest BCUT2D eigenvalue weighted by Crippen LogP contribution is 2.34. The number of aryl methyl sites for hydroxylation is 2. The van der Waals surface area contributed by atoms with Gasteiger partial charge in [0.1, 0.15) is 28.4 Å². The molecule has 2 amide bonds. The van der Waals surface area contributed by atoms with Crippen molar-refractivity contribution >= 4 is 39.4 Å². The van der Waals surface area contributed by atoms with Crippen LogP contribution < -0.4 is 10.1 Å². The third-order valence-corrected chi connectivity index (χ3v) is 6.65. The van der Waals surface area contributed by atoms with Crippen molar-refractivity contribution in [1.82, 2.24) is 4.90 Å². The first-order chi connectivity index (χ1) is 17.2. The smallest absolute Gasteiger partial charge is 0.291 e. The number of nitrogens with zero attached hydrogens (tertiary/aromatic N) is 1. The number of rotatable bonds is 5. The van der Waals surface area contributed by atoms with Gasteiger partial charge in [0.15, 0.2) is 6.61 Å². The number of fused-ring (bicyclic) bond motifs is 4. The van der Waals surface area contributed by atoms with Crippen LogP contribution in [-0.2, 0) is 22.4 Å². The maximum absolute atomic E-state index is 13.2. The molecule has 0 atom stereocenters. The highest BCUT2D eigenvalue weighted by Gasteiger charge is 2.27. The zero-order valence-electron chi connectivity index (χ0n) is 19.3. The normalized spacial score (nSPS) is 15.8. The Balaban J connectivity index is 1.21. The lowest BCUT2D eigenvalue weighted by Gasteiger charge is -2.26. The van der Waals surface area contributed by atoms with E-state index in [-0.39, 0.29) is 24.2 Å². The standard InChI is InChI=1S/C27H26N2O6/c30-24(16-33-17-9-10-23-20(15-17)18-5-1-3-7-21(18)34-23)28-25-19-6-2-4-8-22(19)35-26(25)27(31)29-11-13-32-14-12-29/h2,4,6,8-10,15H,1,3,5,7,11-14,16H2,(H,28,30). The maximum atomic E-state index is 13.2. The van der Waals surface area contributed by atoms with Crippen molar-refractivity contribution < 1.29 is 27.9 Å². The summed E-state index contributed by atoms with van der Waals surface area (Å²) in [6, 6.07) is 12.9. The molecular formula is C27H26N2O6. The summed E-state index contributed by atoms with van der Waals surface area (Å²) in [5.74, 6) is 1.14. The van der Waals surface area contributed by atoms with E-state index in [1.807, 2.05) is 36.4 Å². The maximum Gasteiger partial charge on any atom is 0.291 e. The first-order valence-electron chi connectivity index (χ1n) is 12.0. The average molecular weight is 475 g/mol. The second-order valence-electron chi connectivity index (χ2n) is 8.91. The van der Waals surface area contributed by atoms with Gasteiger partial charge in [0.2, 0.25) is 5.76 Å². The van der Waals surface area contributed by atoms with Crippen molar-refractivity contribution in [2.45, 2.75) is 25.7 Å². The molecule has 1 fully saturated rings. The van der Waals surface area contributed by atoms with E-state index in [0.717, 1.165) is 42.4 Å². The number of carbonyl (C=O) groups excluding carboxylic acids is 2. The lowest BCUT2D eigenvalue weighted by molar-refractivity contribution is -0.118. The summed E-state index contributed by atoms with van der Waals surface area (Å²) in [5.41, 5.74) is 3.00. The van der Waals surface area contributed by atoms with E-state index < -0.39 is 0 Å². The number of carbonyl (C=O) groups is 2. The molecule has 4 aromatic rings. The number of morpholine rings is 1. The van der Waals surface area contributed by atoms with Crippen molar-refractivity contribution in [3.8, 4) is 5.75 Å². The largest absolute Gasteiger partial charge is 0.484 e. The quantitative estimate of drug-likeness (QED) is 0.456. The van der Waals surface area contributed by atoms with Crippen molar-refractivity contribution in [2.75, 3.05) is 38.2 Å². The highest BCUT2D eigenvalue weighted by molar-refractivity contribution is 6.11. The Morgan fingerprint density at radius 1 is 0.943 bits per heavy atom. The van der Waals surface area contributed by atoms with E-state index in [4.69, 9.17) is 18.3 Å². The van der Waals surface area contributed by atoms with Crippen LogP contribution in [0, 0.1) is 0 Å². The van der Waals surface area contributed by atoms with Crippen LogP contribution in [0.5, 0.6) is 5.75 Å². The van der Waals surface area contributed by atoms with E-state index in [0.29, 0.717) is 48.7 Å². The number of ether oxygens (including phenoxy) is 2. The lowest BCUT2D eigenvalue weighted by Crippen LogP contribution is -2.40. The number of nitrogens with one attached hydrogen (secondary N) is 1. The van der Waals surface area contributed by atoms with Crippen LogP contribution in [0.15, 0.2) is 51.3 Å². The van der Waals surface area contributed by atoms with Gasteiger partial charge >= 0.3 is 0 Å². The topological polar surface area (TPSA) is 94.1 Å². The van der Waals surface area contributed by atoms with Gasteiger partial charge < -0.3 is 28.5 Å². The van der Waals surface area contributed by atoms with Crippen molar-refractivity contribution in [3.05, 3.63) is 59.5 Å². The van der Waals surface area contributed by atoms with Gasteiger partial charge in [-0.15, -0.1) is 0 Å². The molecule has 0 bridgehead atoms. The van der Waals surface area contributed by atoms with Gasteiger partial charge in [-0.25, -0.2) is 0 Å². The second kappa shape index (κ2) is 9.11. The minimum atomic E-state index is -0.373. The van der Waals surface area contributed by atoms with Crippen LogP contribution in [0.1, 0.15) is 34.7 Å². The lowest BCUT2D eigenvalue weighted by atomic mass is 9.96. The predicted octanol–water partition coefficient (Wildman–Crippen LogP) is 4.55. The van der Waals surface area contributed by atoms with E-state index in [1.54, 1.807) is 11.0 Å². The number of amides is 2. The molecule has 1 aliphatic heterocycles. The molecule has 2 aromatic heterocycles. The van der Waals surface area contributed by atoms with Crippen LogP contribution in [0.2, 0.25) is 0 Å². The van der Waals surface area contributed by atoms with Gasteiger partial charge in [0.25, 0.3) is 11.8 Å². The van der Waals surface area contributed by atoms with Gasteiger partial charge in [-0.05, 0) is 49.6 Å². The van der Waals surface area contributed by atoms with E-state index in [2.05, 4.69) is 5.32 Å². The Morgan fingerprint density at radius 2 is 1.74 bits per heavy atom. The number of furan rings is 2. The molecule has 3 heterocycles. The van der Waals surface area contributed by atoms with Crippen molar-refractivity contribution in [2.24, 2.45) is 0 Å². The van der Waals surface area contributed by atoms with Gasteiger partial charge in [-0.1, -0.05) is 12.1 Å². The molecule has 2 aliphatic rings. The van der Waals surface area contributed by atoms with Crippen molar-refractivity contribution in [1.29, 1.82) is 0 Å². The van der Waals surface area contributed by atoms with E-state index in [9.17, 15) is 9.59 Å². The number of para-hydroxylation sites is 1. The first-order valence-corrected chi connectivity index (χ1v) is 12.0. The first kappa shape index (κ1) is 21.7. The summed E-state index contributed by atoms with van der Waals surface area (Å²) < 4.78 is 23.0. The molecule has 1 N–H and O–H groups in total. The summed E-state index contributed by atoms with van der Waals surface area (Å²) in [7, 11) is 0. The number of hydrogen-bond acceptors (Lipinski definition) is 6. The molecule has 35 heavy (non-hydrogen) atoms. The summed E-state index contributed by atoms with van der Waals surface area (Å²) in [6.07, 6.45) is 4.26. The average Bonchev–Trinajstić information content (AvgIpc) is 3.46. The monoisotopic (exact) mass is 474 g/mol. The van der Waals surface area contributed by atoms with Crippen LogP contribution in [-0.4, -0.2) is 49.6 Å². The van der Waals surface area contributed by atoms with Crippen LogP contribution in [0.25, 0.3) is 21.9 Å². The number of anilines is 1. The third-order valence-electron chi connectivity index (χ3n) is 6.65. The Morgan fingerprint density at radius 3 is 2.63 bits per heavy atom. The SMILES string of the molecule is O=C(COc1ccc2oc3c(c2c1)CCCC3)Nc1c(C(=O)N2CCOCC2)oc2ccccc12. The summed E-state index contributed by atoms with van der Waals surface area (Å²) in [4.78, 5) is 27.7.